The average Bonchev–Trinajstić information content (AvgIpc) is 2.26. The van der Waals surface area contributed by atoms with Crippen molar-refractivity contribution in [3.63, 3.8) is 0 Å². The first-order chi connectivity index (χ1) is 7.51. The number of nitrogens with zero attached hydrogens (tertiary/aromatic N) is 1. The van der Waals surface area contributed by atoms with Crippen molar-refractivity contribution in [2.45, 2.75) is 24.3 Å². The number of hydrogen-bond acceptors (Lipinski definition) is 4. The normalized spacial score (nSPS) is 13.7. The number of pyridine rings is 1. The van der Waals surface area contributed by atoms with Crippen LogP contribution in [-0.4, -0.2) is 31.2 Å². The van der Waals surface area contributed by atoms with Gasteiger partial charge in [0.1, 0.15) is 10.0 Å². The molecule has 0 aliphatic carbocycles. The zero-order valence-corrected chi connectivity index (χ0v) is 10.3. The molecule has 0 bridgehead atoms. The van der Waals surface area contributed by atoms with Crippen LogP contribution in [0.5, 0.6) is 0 Å². The van der Waals surface area contributed by atoms with Crippen molar-refractivity contribution in [2.75, 3.05) is 6.61 Å². The highest BCUT2D eigenvalue weighted by atomic mass is 35.5. The number of hydrogen-bond donors (Lipinski definition) is 2. The lowest BCUT2D eigenvalue weighted by Crippen LogP contribution is -2.37. The molecule has 16 heavy (non-hydrogen) atoms. The van der Waals surface area contributed by atoms with Crippen LogP contribution >= 0.6 is 11.6 Å². The highest BCUT2D eigenvalue weighted by molar-refractivity contribution is 7.89. The van der Waals surface area contributed by atoms with Gasteiger partial charge in [-0.05, 0) is 18.6 Å². The predicted octanol–water partition coefficient (Wildman–Crippen LogP) is 0.784. The van der Waals surface area contributed by atoms with E-state index in [9.17, 15) is 8.42 Å². The Labute approximate surface area is 99.5 Å². The summed E-state index contributed by atoms with van der Waals surface area (Å²) in [7, 11) is -3.72. The van der Waals surface area contributed by atoms with E-state index in [0.29, 0.717) is 6.42 Å². The fraction of sp³-hybridized carbons (Fsp3) is 0.444. The van der Waals surface area contributed by atoms with Crippen LogP contribution in [0.1, 0.15) is 13.3 Å². The number of aliphatic hydroxyl groups excluding tert-OH is 1. The van der Waals surface area contributed by atoms with Crippen LogP contribution < -0.4 is 4.72 Å². The summed E-state index contributed by atoms with van der Waals surface area (Å²) in [6.45, 7) is 1.52. The van der Waals surface area contributed by atoms with Gasteiger partial charge in [-0.3, -0.25) is 0 Å². The highest BCUT2D eigenvalue weighted by Gasteiger charge is 2.21. The van der Waals surface area contributed by atoms with Crippen LogP contribution in [-0.2, 0) is 10.0 Å². The Morgan fingerprint density at radius 2 is 2.31 bits per heavy atom. The molecule has 0 aromatic carbocycles. The standard InChI is InChI=1S/C9H13ClN2O3S/c1-2-7(6-13)12-16(14,15)8-4-3-5-11-9(8)10/h3-5,7,12-13H,2,6H2,1H3. The van der Waals surface area contributed by atoms with Crippen molar-refractivity contribution < 1.29 is 13.5 Å². The molecule has 1 heterocycles. The Bertz CT molecular complexity index is 446. The minimum absolute atomic E-state index is 0.0800. The lowest BCUT2D eigenvalue weighted by atomic mass is 10.3. The summed E-state index contributed by atoms with van der Waals surface area (Å²) in [6, 6.07) is 2.34. The van der Waals surface area contributed by atoms with Gasteiger partial charge in [-0.25, -0.2) is 18.1 Å². The first-order valence-electron chi connectivity index (χ1n) is 4.75. The van der Waals surface area contributed by atoms with Crippen LogP contribution in [0.3, 0.4) is 0 Å². The number of nitrogens with one attached hydrogen (secondary N) is 1. The van der Waals surface area contributed by atoms with Crippen molar-refractivity contribution in [1.82, 2.24) is 9.71 Å². The predicted molar refractivity (Wildman–Crippen MR) is 60.7 cm³/mol. The van der Waals surface area contributed by atoms with Gasteiger partial charge in [-0.1, -0.05) is 18.5 Å². The highest BCUT2D eigenvalue weighted by Crippen LogP contribution is 2.17. The minimum Gasteiger partial charge on any atom is -0.395 e. The second-order valence-electron chi connectivity index (χ2n) is 3.20. The topological polar surface area (TPSA) is 79.3 Å². The molecule has 0 fully saturated rings. The van der Waals surface area contributed by atoms with Crippen LogP contribution in [0.15, 0.2) is 23.2 Å². The Morgan fingerprint density at radius 1 is 1.62 bits per heavy atom. The second-order valence-corrected chi connectivity index (χ2v) is 5.24. The molecule has 1 atom stereocenters. The summed E-state index contributed by atoms with van der Waals surface area (Å²) in [5.41, 5.74) is 0. The van der Waals surface area contributed by atoms with E-state index in [1.54, 1.807) is 6.92 Å². The van der Waals surface area contributed by atoms with E-state index in [4.69, 9.17) is 16.7 Å². The molecule has 1 rings (SSSR count). The molecule has 1 aromatic rings. The van der Waals surface area contributed by atoms with E-state index >= 15 is 0 Å². The molecule has 0 aliphatic rings. The molecule has 5 nitrogen and oxygen atoms in total. The van der Waals surface area contributed by atoms with Gasteiger partial charge >= 0.3 is 0 Å². The SMILES string of the molecule is CCC(CO)NS(=O)(=O)c1cccnc1Cl. The molecule has 0 aliphatic heterocycles. The molecule has 7 heteroatoms. The first-order valence-corrected chi connectivity index (χ1v) is 6.61. The maximum Gasteiger partial charge on any atom is 0.243 e. The third-order valence-corrected chi connectivity index (χ3v) is 4.01. The summed E-state index contributed by atoms with van der Waals surface area (Å²) in [5.74, 6) is 0. The lowest BCUT2D eigenvalue weighted by Gasteiger charge is -2.14. The molecular formula is C9H13ClN2O3S. The van der Waals surface area contributed by atoms with Crippen molar-refractivity contribution in [2.24, 2.45) is 0 Å². The zero-order valence-electron chi connectivity index (χ0n) is 8.72. The Kier molecular flexibility index (Phi) is 4.67. The zero-order chi connectivity index (χ0) is 12.2. The summed E-state index contributed by atoms with van der Waals surface area (Å²) >= 11 is 5.69. The van der Waals surface area contributed by atoms with Crippen molar-refractivity contribution >= 4 is 21.6 Å². The molecule has 90 valence electrons. The van der Waals surface area contributed by atoms with E-state index < -0.39 is 16.1 Å². The number of aliphatic hydroxyl groups is 1. The average molecular weight is 265 g/mol. The van der Waals surface area contributed by atoms with Crippen molar-refractivity contribution in [3.8, 4) is 0 Å². The molecule has 0 saturated heterocycles. The van der Waals surface area contributed by atoms with Gasteiger partial charge in [-0.15, -0.1) is 0 Å². The molecule has 0 amide bonds. The van der Waals surface area contributed by atoms with Gasteiger partial charge in [0.15, 0.2) is 0 Å². The van der Waals surface area contributed by atoms with E-state index in [-0.39, 0.29) is 16.7 Å². The first kappa shape index (κ1) is 13.4. The molecule has 0 spiro atoms. The lowest BCUT2D eigenvalue weighted by molar-refractivity contribution is 0.254. The number of halogens is 1. The molecule has 0 radical (unpaired) electrons. The fourth-order valence-corrected chi connectivity index (χ4v) is 2.87. The minimum atomic E-state index is -3.72. The second kappa shape index (κ2) is 5.58. The Hall–Kier alpha value is -0.690. The van der Waals surface area contributed by atoms with E-state index in [2.05, 4.69) is 9.71 Å². The number of sulfonamides is 1. The van der Waals surface area contributed by atoms with Crippen molar-refractivity contribution in [1.29, 1.82) is 0 Å². The van der Waals surface area contributed by atoms with Gasteiger partial charge < -0.3 is 5.11 Å². The number of aromatic nitrogens is 1. The summed E-state index contributed by atoms with van der Waals surface area (Å²) < 4.78 is 26.0. The van der Waals surface area contributed by atoms with Crippen LogP contribution in [0.4, 0.5) is 0 Å². The third kappa shape index (κ3) is 3.15. The van der Waals surface area contributed by atoms with Gasteiger partial charge in [-0.2, -0.15) is 0 Å². The molecule has 1 aromatic heterocycles. The monoisotopic (exact) mass is 264 g/mol. The fourth-order valence-electron chi connectivity index (χ4n) is 1.10. The molecule has 0 saturated carbocycles. The Balaban J connectivity index is 2.99. The molecule has 2 N–H and O–H groups in total. The van der Waals surface area contributed by atoms with E-state index in [1.807, 2.05) is 0 Å². The largest absolute Gasteiger partial charge is 0.395 e. The number of rotatable bonds is 5. The van der Waals surface area contributed by atoms with Gasteiger partial charge in [0, 0.05) is 12.2 Å². The van der Waals surface area contributed by atoms with Gasteiger partial charge in [0.25, 0.3) is 0 Å². The Morgan fingerprint density at radius 3 is 2.81 bits per heavy atom. The maximum atomic E-state index is 11.8. The quantitative estimate of drug-likeness (QED) is 0.771. The smallest absolute Gasteiger partial charge is 0.243 e. The van der Waals surface area contributed by atoms with Crippen molar-refractivity contribution in [3.05, 3.63) is 23.5 Å². The van der Waals surface area contributed by atoms with Gasteiger partial charge in [0.05, 0.1) is 6.61 Å². The van der Waals surface area contributed by atoms with E-state index in [0.717, 1.165) is 0 Å². The summed E-state index contributed by atoms with van der Waals surface area (Å²) in [5, 5.41) is 8.85. The summed E-state index contributed by atoms with van der Waals surface area (Å²) in [4.78, 5) is 3.61. The van der Waals surface area contributed by atoms with Crippen LogP contribution in [0.25, 0.3) is 0 Å². The van der Waals surface area contributed by atoms with Crippen LogP contribution in [0.2, 0.25) is 5.15 Å². The maximum absolute atomic E-state index is 11.8. The summed E-state index contributed by atoms with van der Waals surface area (Å²) in [6.07, 6.45) is 1.90. The molecular weight excluding hydrogens is 252 g/mol. The van der Waals surface area contributed by atoms with Gasteiger partial charge in [0.2, 0.25) is 10.0 Å². The van der Waals surface area contributed by atoms with Crippen LogP contribution in [0, 0.1) is 0 Å². The third-order valence-electron chi connectivity index (χ3n) is 2.05. The molecule has 1 unspecified atom stereocenters. The van der Waals surface area contributed by atoms with E-state index in [1.165, 1.54) is 18.3 Å².